The van der Waals surface area contributed by atoms with Crippen molar-refractivity contribution in [3.05, 3.63) is 51.9 Å². The minimum absolute atomic E-state index is 0.137. The zero-order chi connectivity index (χ0) is 20.5. The Hall–Kier alpha value is -1.90. The zero-order valence-corrected chi connectivity index (χ0v) is 16.5. The maximum absolute atomic E-state index is 12.6. The number of hydrogen-bond acceptors (Lipinski definition) is 3. The molecule has 0 atom stereocenters. The molecule has 0 saturated carbocycles. The fourth-order valence-corrected chi connectivity index (χ4v) is 3.47. The molecule has 0 N–H and O–H groups in total. The van der Waals surface area contributed by atoms with Gasteiger partial charge in [-0.15, -0.1) is 0 Å². The molecule has 1 aliphatic rings. The topological polar surface area (TPSA) is 46.1 Å². The van der Waals surface area contributed by atoms with E-state index in [0.29, 0.717) is 28.3 Å². The van der Waals surface area contributed by atoms with E-state index in [2.05, 4.69) is 9.97 Å². The van der Waals surface area contributed by atoms with Gasteiger partial charge in [-0.3, -0.25) is 9.28 Å². The fraction of sp³-hybridized carbons (Fsp3) is 0.389. The van der Waals surface area contributed by atoms with Crippen LogP contribution in [0, 0.1) is 0 Å². The lowest BCUT2D eigenvalue weighted by Gasteiger charge is -2.21. The van der Waals surface area contributed by atoms with Gasteiger partial charge in [-0.25, -0.2) is 4.98 Å². The molecule has 0 bridgehead atoms. The number of rotatable bonds is 6. The molecule has 1 aromatic heterocycles. The van der Waals surface area contributed by atoms with Gasteiger partial charge >= 0.3 is 6.18 Å². The van der Waals surface area contributed by atoms with Crippen LogP contribution in [0.15, 0.2) is 30.5 Å². The SMILES string of the molecule is CN(CCC[N+]1(c2nc(Cl)ncc2Cl)CC1)C(=O)c1ccc(C(F)(F)F)cc1. The number of nitrogens with zero attached hydrogens (tertiary/aromatic N) is 4. The Morgan fingerprint density at radius 3 is 2.43 bits per heavy atom. The molecule has 28 heavy (non-hydrogen) atoms. The third-order valence-electron chi connectivity index (χ3n) is 4.79. The average molecular weight is 434 g/mol. The van der Waals surface area contributed by atoms with E-state index in [9.17, 15) is 18.0 Å². The first-order valence-electron chi connectivity index (χ1n) is 8.60. The summed E-state index contributed by atoms with van der Waals surface area (Å²) in [6, 6.07) is 4.22. The number of amides is 1. The standard InChI is InChI=1S/C18H18Cl2F3N4O/c1-26(16(28)12-3-5-13(6-4-12)18(21,22)23)7-2-8-27(9-10-27)15-14(19)11-24-17(20)25-15/h3-6,11H,2,7-10H2,1H3/q+1. The van der Waals surface area contributed by atoms with Gasteiger partial charge in [0, 0.05) is 25.6 Å². The summed E-state index contributed by atoms with van der Waals surface area (Å²) in [6.07, 6.45) is -2.26. The number of alkyl halides is 3. The largest absolute Gasteiger partial charge is 0.416 e. The Morgan fingerprint density at radius 1 is 1.21 bits per heavy atom. The van der Waals surface area contributed by atoms with E-state index in [4.69, 9.17) is 23.2 Å². The maximum atomic E-state index is 12.6. The maximum Gasteiger partial charge on any atom is 0.416 e. The summed E-state index contributed by atoms with van der Waals surface area (Å²) in [6.45, 7) is 2.93. The normalized spacial score (nSPS) is 15.4. The van der Waals surface area contributed by atoms with Crippen LogP contribution in [0.3, 0.4) is 0 Å². The van der Waals surface area contributed by atoms with Gasteiger partial charge in [0.15, 0.2) is 0 Å². The predicted molar refractivity (Wildman–Crippen MR) is 101 cm³/mol. The molecule has 0 aliphatic carbocycles. The van der Waals surface area contributed by atoms with Gasteiger partial charge in [0.05, 0.1) is 18.3 Å². The minimum Gasteiger partial charge on any atom is -0.341 e. The van der Waals surface area contributed by atoms with Crippen LogP contribution < -0.4 is 4.48 Å². The van der Waals surface area contributed by atoms with Crippen molar-refractivity contribution in [1.29, 1.82) is 0 Å². The predicted octanol–water partition coefficient (Wildman–Crippen LogP) is 4.29. The smallest absolute Gasteiger partial charge is 0.341 e. The van der Waals surface area contributed by atoms with Crippen LogP contribution in [0.1, 0.15) is 22.3 Å². The van der Waals surface area contributed by atoms with Gasteiger partial charge in [-0.1, -0.05) is 11.6 Å². The van der Waals surface area contributed by atoms with Crippen molar-refractivity contribution in [2.24, 2.45) is 0 Å². The molecule has 1 saturated heterocycles. The van der Waals surface area contributed by atoms with Crippen LogP contribution in [0.25, 0.3) is 0 Å². The van der Waals surface area contributed by atoms with Gasteiger partial charge in [-0.05, 0) is 35.9 Å². The van der Waals surface area contributed by atoms with Gasteiger partial charge in [-0.2, -0.15) is 18.2 Å². The molecular weight excluding hydrogens is 416 g/mol. The van der Waals surface area contributed by atoms with Crippen molar-refractivity contribution < 1.29 is 18.0 Å². The number of benzene rings is 1. The van der Waals surface area contributed by atoms with E-state index in [0.717, 1.165) is 31.8 Å². The molecule has 0 unspecified atom stereocenters. The third-order valence-corrected chi connectivity index (χ3v) is 5.24. The molecule has 0 spiro atoms. The molecule has 3 rings (SSSR count). The first-order valence-corrected chi connectivity index (χ1v) is 9.35. The highest BCUT2D eigenvalue weighted by Crippen LogP contribution is 2.36. The molecule has 1 amide bonds. The summed E-state index contributed by atoms with van der Waals surface area (Å²) < 4.78 is 38.5. The Balaban J connectivity index is 1.57. The molecule has 10 heteroatoms. The molecular formula is C18H18Cl2F3N4O+. The first kappa shape index (κ1) is 20.8. The first-order chi connectivity index (χ1) is 13.1. The Bertz CT molecular complexity index is 870. The van der Waals surface area contributed by atoms with Crippen molar-refractivity contribution in [1.82, 2.24) is 19.4 Å². The summed E-state index contributed by atoms with van der Waals surface area (Å²) >= 11 is 12.1. The number of halogens is 5. The van der Waals surface area contributed by atoms with Gasteiger partial charge in [0.2, 0.25) is 5.28 Å². The lowest BCUT2D eigenvalue weighted by atomic mass is 10.1. The molecule has 1 aromatic carbocycles. The summed E-state index contributed by atoms with van der Waals surface area (Å²) in [4.78, 5) is 22.0. The molecule has 1 aliphatic heterocycles. The average Bonchev–Trinajstić information content (AvgIpc) is 3.43. The van der Waals surface area contributed by atoms with Crippen LogP contribution >= 0.6 is 23.2 Å². The van der Waals surface area contributed by atoms with Crippen LogP contribution in [0.5, 0.6) is 0 Å². The monoisotopic (exact) mass is 433 g/mol. The van der Waals surface area contributed by atoms with Crippen molar-refractivity contribution in [2.45, 2.75) is 12.6 Å². The molecule has 150 valence electrons. The van der Waals surface area contributed by atoms with E-state index in [1.54, 1.807) is 7.05 Å². The van der Waals surface area contributed by atoms with Gasteiger partial charge in [0.1, 0.15) is 18.1 Å². The van der Waals surface area contributed by atoms with Crippen LogP contribution in [0.4, 0.5) is 19.0 Å². The third kappa shape index (κ3) is 4.56. The van der Waals surface area contributed by atoms with E-state index in [1.165, 1.54) is 23.2 Å². The van der Waals surface area contributed by atoms with E-state index < -0.39 is 11.7 Å². The summed E-state index contributed by atoms with van der Waals surface area (Å²) in [5.41, 5.74) is -0.558. The fourth-order valence-electron chi connectivity index (χ4n) is 3.07. The van der Waals surface area contributed by atoms with Crippen molar-refractivity contribution >= 4 is 34.9 Å². The number of carbonyl (C=O) groups is 1. The summed E-state index contributed by atoms with van der Waals surface area (Å²) in [5, 5.41) is 0.592. The molecule has 2 aromatic rings. The van der Waals surface area contributed by atoms with Crippen LogP contribution in [-0.4, -0.2) is 54.0 Å². The van der Waals surface area contributed by atoms with Gasteiger partial charge in [0.25, 0.3) is 11.7 Å². The highest BCUT2D eigenvalue weighted by atomic mass is 35.5. The van der Waals surface area contributed by atoms with Crippen molar-refractivity contribution in [3.8, 4) is 0 Å². The molecule has 0 radical (unpaired) electrons. The van der Waals surface area contributed by atoms with Crippen LogP contribution in [-0.2, 0) is 6.18 Å². The molecule has 5 nitrogen and oxygen atoms in total. The van der Waals surface area contributed by atoms with Gasteiger partial charge < -0.3 is 4.90 Å². The number of aromatic nitrogens is 2. The Labute approximate surface area is 170 Å². The molecule has 2 heterocycles. The Kier molecular flexibility index (Phi) is 5.84. The van der Waals surface area contributed by atoms with E-state index in [1.807, 2.05) is 0 Å². The van der Waals surface area contributed by atoms with Crippen molar-refractivity contribution in [3.63, 3.8) is 0 Å². The van der Waals surface area contributed by atoms with Crippen molar-refractivity contribution in [2.75, 3.05) is 33.2 Å². The Morgan fingerprint density at radius 2 is 1.86 bits per heavy atom. The van der Waals surface area contributed by atoms with E-state index in [-0.39, 0.29) is 16.8 Å². The van der Waals surface area contributed by atoms with E-state index >= 15 is 0 Å². The highest BCUT2D eigenvalue weighted by Gasteiger charge is 2.47. The zero-order valence-electron chi connectivity index (χ0n) is 15.0. The highest BCUT2D eigenvalue weighted by molar-refractivity contribution is 6.33. The number of carbonyl (C=O) groups excluding carboxylic acids is 1. The number of quaternary nitrogens is 1. The van der Waals surface area contributed by atoms with Crippen LogP contribution in [0.2, 0.25) is 10.3 Å². The summed E-state index contributed by atoms with van der Waals surface area (Å²) in [7, 11) is 1.63. The lowest BCUT2D eigenvalue weighted by Crippen LogP contribution is -2.34. The quantitative estimate of drug-likeness (QED) is 0.387. The minimum atomic E-state index is -4.42. The molecule has 1 fully saturated rings. The summed E-state index contributed by atoms with van der Waals surface area (Å²) in [5.74, 6) is 0.354. The number of hydrogen-bond donors (Lipinski definition) is 0. The second-order valence-corrected chi connectivity index (χ2v) is 7.53. The lowest BCUT2D eigenvalue weighted by molar-refractivity contribution is -0.137. The second-order valence-electron chi connectivity index (χ2n) is 6.78. The second kappa shape index (κ2) is 7.85.